The number of hydrogen-bond acceptors (Lipinski definition) is 3. The van der Waals surface area contributed by atoms with Gasteiger partial charge in [0.05, 0.1) is 11.0 Å². The van der Waals surface area contributed by atoms with Gasteiger partial charge in [0.1, 0.15) is 11.9 Å². The van der Waals surface area contributed by atoms with Crippen LogP contribution in [0.2, 0.25) is 0 Å². The van der Waals surface area contributed by atoms with Crippen LogP contribution < -0.4 is 0 Å². The molecule has 0 aromatic heterocycles. The summed E-state index contributed by atoms with van der Waals surface area (Å²) in [7, 11) is 0. The van der Waals surface area contributed by atoms with Gasteiger partial charge in [-0.15, -0.1) is 0 Å². The molecule has 0 amide bonds. The molecule has 0 saturated carbocycles. The summed E-state index contributed by atoms with van der Waals surface area (Å²) in [4.78, 5) is 13.1. The molecule has 1 aliphatic heterocycles. The van der Waals surface area contributed by atoms with Gasteiger partial charge >= 0.3 is 5.97 Å². The fourth-order valence-corrected chi connectivity index (χ4v) is 2.40. The molecule has 2 rings (SSSR count). The average molecular weight is 262 g/mol. The van der Waals surface area contributed by atoms with Gasteiger partial charge in [-0.25, -0.2) is 4.39 Å². The minimum absolute atomic E-state index is 0.0256. The van der Waals surface area contributed by atoms with Crippen LogP contribution in [0, 0.1) is 22.6 Å². The molecule has 0 bridgehead atoms. The Hall–Kier alpha value is -1.93. The van der Waals surface area contributed by atoms with Gasteiger partial charge in [0.15, 0.2) is 0 Å². The third-order valence-electron chi connectivity index (χ3n) is 3.66. The molecule has 5 heteroatoms. The van der Waals surface area contributed by atoms with E-state index in [1.807, 2.05) is 11.0 Å². The summed E-state index contributed by atoms with van der Waals surface area (Å²) in [5.41, 5.74) is -0.296. The first-order valence-electron chi connectivity index (χ1n) is 6.09. The van der Waals surface area contributed by atoms with Crippen molar-refractivity contribution >= 4 is 5.97 Å². The Bertz CT molecular complexity index is 553. The maximum atomic E-state index is 13.9. The standard InChI is InChI=1S/C14H15FN2O2/c1-14(13(18)19)5-6-17(9-14)8-11-4-2-3-10(7-16)12(11)15/h2-4H,5-6,8-9H2,1H3,(H,18,19). The van der Waals surface area contributed by atoms with Crippen LogP contribution in [-0.4, -0.2) is 29.1 Å². The van der Waals surface area contributed by atoms with Gasteiger partial charge in [-0.1, -0.05) is 12.1 Å². The van der Waals surface area contributed by atoms with Crippen LogP contribution in [0.25, 0.3) is 0 Å². The van der Waals surface area contributed by atoms with E-state index in [0.29, 0.717) is 31.6 Å². The normalized spacial score (nSPS) is 23.2. The van der Waals surface area contributed by atoms with E-state index in [1.54, 1.807) is 19.1 Å². The number of carboxylic acid groups (broad SMARTS) is 1. The molecule has 19 heavy (non-hydrogen) atoms. The molecule has 0 spiro atoms. The highest BCUT2D eigenvalue weighted by molar-refractivity contribution is 5.74. The zero-order chi connectivity index (χ0) is 14.0. The van der Waals surface area contributed by atoms with Crippen LogP contribution in [0.4, 0.5) is 4.39 Å². The maximum Gasteiger partial charge on any atom is 0.310 e. The minimum Gasteiger partial charge on any atom is -0.481 e. The lowest BCUT2D eigenvalue weighted by Crippen LogP contribution is -2.31. The fraction of sp³-hybridized carbons (Fsp3) is 0.429. The quantitative estimate of drug-likeness (QED) is 0.904. The zero-order valence-corrected chi connectivity index (χ0v) is 10.7. The summed E-state index contributed by atoms with van der Waals surface area (Å²) >= 11 is 0. The Morgan fingerprint density at radius 2 is 2.37 bits per heavy atom. The van der Waals surface area contributed by atoms with Crippen LogP contribution in [-0.2, 0) is 11.3 Å². The number of carbonyl (C=O) groups is 1. The molecule has 1 aromatic rings. The largest absolute Gasteiger partial charge is 0.481 e. The highest BCUT2D eigenvalue weighted by Crippen LogP contribution is 2.31. The fourth-order valence-electron chi connectivity index (χ4n) is 2.40. The second-order valence-electron chi connectivity index (χ2n) is 5.22. The molecule has 1 N–H and O–H groups in total. The van der Waals surface area contributed by atoms with Crippen LogP contribution in [0.3, 0.4) is 0 Å². The summed E-state index contributed by atoms with van der Waals surface area (Å²) < 4.78 is 13.9. The third-order valence-corrected chi connectivity index (χ3v) is 3.66. The molecule has 1 atom stereocenters. The van der Waals surface area contributed by atoms with Gasteiger partial charge in [0.2, 0.25) is 0 Å². The van der Waals surface area contributed by atoms with E-state index in [-0.39, 0.29) is 5.56 Å². The number of hydrogen-bond donors (Lipinski definition) is 1. The van der Waals surface area contributed by atoms with Crippen LogP contribution in [0.5, 0.6) is 0 Å². The van der Waals surface area contributed by atoms with E-state index in [1.165, 1.54) is 6.07 Å². The predicted octanol–water partition coefficient (Wildman–Crippen LogP) is 1.99. The highest BCUT2D eigenvalue weighted by Gasteiger charge is 2.40. The molecule has 0 aliphatic carbocycles. The number of benzene rings is 1. The van der Waals surface area contributed by atoms with Crippen molar-refractivity contribution in [2.45, 2.75) is 19.9 Å². The summed E-state index contributed by atoms with van der Waals surface area (Å²) in [6, 6.07) is 6.52. The smallest absolute Gasteiger partial charge is 0.310 e. The molecule has 100 valence electrons. The van der Waals surface area contributed by atoms with E-state index in [2.05, 4.69) is 0 Å². The highest BCUT2D eigenvalue weighted by atomic mass is 19.1. The molecule has 1 aliphatic rings. The van der Waals surface area contributed by atoms with Crippen LogP contribution >= 0.6 is 0 Å². The number of aliphatic carboxylic acids is 1. The molecule has 0 radical (unpaired) electrons. The van der Waals surface area contributed by atoms with Crippen molar-refractivity contribution < 1.29 is 14.3 Å². The van der Waals surface area contributed by atoms with Crippen molar-refractivity contribution in [1.82, 2.24) is 4.90 Å². The summed E-state index contributed by atoms with van der Waals surface area (Å²) in [6.07, 6.45) is 0.557. The van der Waals surface area contributed by atoms with Gasteiger partial charge in [-0.3, -0.25) is 9.69 Å². The SMILES string of the molecule is CC1(C(=O)O)CCN(Cc2cccc(C#N)c2F)C1. The molecule has 4 nitrogen and oxygen atoms in total. The lowest BCUT2D eigenvalue weighted by molar-refractivity contribution is -0.147. The Morgan fingerprint density at radius 3 is 2.95 bits per heavy atom. The van der Waals surface area contributed by atoms with Crippen molar-refractivity contribution in [1.29, 1.82) is 5.26 Å². The minimum atomic E-state index is -0.818. The zero-order valence-electron chi connectivity index (χ0n) is 10.7. The van der Waals surface area contributed by atoms with Gasteiger partial charge in [0.25, 0.3) is 0 Å². The number of nitrogens with zero attached hydrogens (tertiary/aromatic N) is 2. The second-order valence-corrected chi connectivity index (χ2v) is 5.22. The van der Waals surface area contributed by atoms with Crippen LogP contribution in [0.1, 0.15) is 24.5 Å². The Morgan fingerprint density at radius 1 is 1.63 bits per heavy atom. The Labute approximate surface area is 111 Å². The number of nitriles is 1. The number of halogens is 1. The first-order chi connectivity index (χ1) is 8.96. The average Bonchev–Trinajstić information content (AvgIpc) is 2.75. The predicted molar refractivity (Wildman–Crippen MR) is 66.8 cm³/mol. The topological polar surface area (TPSA) is 64.3 Å². The number of carboxylic acids is 1. The summed E-state index contributed by atoms with van der Waals surface area (Å²) in [6.45, 7) is 3.07. The van der Waals surface area contributed by atoms with Crippen molar-refractivity contribution in [2.24, 2.45) is 5.41 Å². The van der Waals surface area contributed by atoms with E-state index in [4.69, 9.17) is 10.4 Å². The molecule has 1 saturated heterocycles. The molecule has 1 aromatic carbocycles. The monoisotopic (exact) mass is 262 g/mol. The van der Waals surface area contributed by atoms with E-state index in [9.17, 15) is 9.18 Å². The molecule has 1 fully saturated rings. The van der Waals surface area contributed by atoms with Gasteiger partial charge in [-0.2, -0.15) is 5.26 Å². The van der Waals surface area contributed by atoms with Gasteiger partial charge in [-0.05, 0) is 26.0 Å². The lowest BCUT2D eigenvalue weighted by atomic mass is 9.90. The number of rotatable bonds is 3. The third kappa shape index (κ3) is 2.59. The Kier molecular flexibility index (Phi) is 3.54. The van der Waals surface area contributed by atoms with Crippen molar-refractivity contribution in [3.8, 4) is 6.07 Å². The van der Waals surface area contributed by atoms with E-state index in [0.717, 1.165) is 0 Å². The second kappa shape index (κ2) is 4.98. The lowest BCUT2D eigenvalue weighted by Gasteiger charge is -2.20. The summed E-state index contributed by atoms with van der Waals surface area (Å²) in [5, 5.41) is 17.9. The molecule has 1 unspecified atom stereocenters. The van der Waals surface area contributed by atoms with Crippen molar-refractivity contribution in [3.05, 3.63) is 35.1 Å². The van der Waals surface area contributed by atoms with Gasteiger partial charge < -0.3 is 5.11 Å². The number of likely N-dealkylation sites (tertiary alicyclic amines) is 1. The Balaban J connectivity index is 2.12. The molecular weight excluding hydrogens is 247 g/mol. The summed E-state index contributed by atoms with van der Waals surface area (Å²) in [5.74, 6) is -1.32. The van der Waals surface area contributed by atoms with Gasteiger partial charge in [0, 0.05) is 18.7 Å². The molecular formula is C14H15FN2O2. The molecule has 1 heterocycles. The maximum absolute atomic E-state index is 13.9. The van der Waals surface area contributed by atoms with Crippen LogP contribution in [0.15, 0.2) is 18.2 Å². The first kappa shape index (κ1) is 13.5. The van der Waals surface area contributed by atoms with Crippen molar-refractivity contribution in [2.75, 3.05) is 13.1 Å². The van der Waals surface area contributed by atoms with Crippen molar-refractivity contribution in [3.63, 3.8) is 0 Å². The van der Waals surface area contributed by atoms with E-state index >= 15 is 0 Å². The first-order valence-corrected chi connectivity index (χ1v) is 6.09. The van der Waals surface area contributed by atoms with E-state index < -0.39 is 17.2 Å².